The van der Waals surface area contributed by atoms with Crippen LogP contribution in [0.5, 0.6) is 0 Å². The summed E-state index contributed by atoms with van der Waals surface area (Å²) in [7, 11) is -2.26. The number of carbonyl (C=O) groups excluding carboxylic acids is 1. The van der Waals surface area contributed by atoms with Gasteiger partial charge in [-0.3, -0.25) is 4.31 Å². The number of esters is 1. The van der Waals surface area contributed by atoms with Crippen LogP contribution >= 0.6 is 0 Å². The molecule has 1 aliphatic rings. The molecule has 7 heteroatoms. The van der Waals surface area contributed by atoms with E-state index >= 15 is 0 Å². The number of methoxy groups -OCH3 is 1. The van der Waals surface area contributed by atoms with Crippen LogP contribution in [0.3, 0.4) is 0 Å². The molecule has 0 saturated carbocycles. The van der Waals surface area contributed by atoms with Gasteiger partial charge in [0.2, 0.25) is 0 Å². The van der Waals surface area contributed by atoms with Gasteiger partial charge in [-0.05, 0) is 32.1 Å². The van der Waals surface area contributed by atoms with Gasteiger partial charge < -0.3 is 9.30 Å². The van der Waals surface area contributed by atoms with Gasteiger partial charge in [0.05, 0.1) is 29.3 Å². The summed E-state index contributed by atoms with van der Waals surface area (Å²) < 4.78 is 33.0. The lowest BCUT2D eigenvalue weighted by Gasteiger charge is -2.21. The molecule has 1 aromatic carbocycles. The zero-order valence-electron chi connectivity index (χ0n) is 13.2. The van der Waals surface area contributed by atoms with Gasteiger partial charge in [0.15, 0.2) is 0 Å². The molecule has 0 fully saturated rings. The monoisotopic (exact) mass is 334 g/mol. The molecule has 2 heterocycles. The zero-order valence-corrected chi connectivity index (χ0v) is 14.1. The summed E-state index contributed by atoms with van der Waals surface area (Å²) in [5, 5.41) is 2.04. The molecule has 2 aromatic rings. The SMILES string of the molecule is CCN1c2cc(C(=O)OC)cc3c2c(cn3CC)C=CS1(=O)=O. The van der Waals surface area contributed by atoms with Crippen LogP contribution in [0, 0.1) is 0 Å². The maximum absolute atomic E-state index is 12.5. The first-order chi connectivity index (χ1) is 10.9. The maximum atomic E-state index is 12.5. The van der Waals surface area contributed by atoms with Crippen LogP contribution in [-0.2, 0) is 21.3 Å². The number of ether oxygens (including phenoxy) is 1. The Labute approximate surface area is 135 Å². The third-order valence-electron chi connectivity index (χ3n) is 4.03. The normalized spacial score (nSPS) is 15.7. The Bertz CT molecular complexity index is 925. The van der Waals surface area contributed by atoms with E-state index in [9.17, 15) is 13.2 Å². The first kappa shape index (κ1) is 15.6. The fourth-order valence-corrected chi connectivity index (χ4v) is 4.22. The number of sulfonamides is 1. The standard InChI is InChI=1S/C16H18N2O4S/c1-4-17-10-11-6-7-23(20,21)18(5-2)14-9-12(16(19)22-3)8-13(17)15(11)14/h6-10H,4-5H2,1-3H3. The molecule has 0 saturated heterocycles. The second kappa shape index (κ2) is 5.42. The van der Waals surface area contributed by atoms with E-state index in [1.54, 1.807) is 25.1 Å². The molecular formula is C16H18N2O4S. The summed E-state index contributed by atoms with van der Waals surface area (Å²) in [6, 6.07) is 3.34. The van der Waals surface area contributed by atoms with E-state index < -0.39 is 16.0 Å². The van der Waals surface area contributed by atoms with Crippen LogP contribution in [0.25, 0.3) is 17.0 Å². The van der Waals surface area contributed by atoms with Crippen LogP contribution < -0.4 is 4.31 Å². The summed E-state index contributed by atoms with van der Waals surface area (Å²) in [6.07, 6.45) is 3.52. The predicted octanol–water partition coefficient (Wildman–Crippen LogP) is 2.59. The van der Waals surface area contributed by atoms with Gasteiger partial charge in [-0.2, -0.15) is 0 Å². The molecule has 122 valence electrons. The molecule has 0 aliphatic carbocycles. The van der Waals surface area contributed by atoms with Gasteiger partial charge in [0, 0.05) is 30.2 Å². The molecule has 3 rings (SSSR count). The number of benzene rings is 1. The highest BCUT2D eigenvalue weighted by Crippen LogP contribution is 2.37. The Morgan fingerprint density at radius 3 is 2.57 bits per heavy atom. The third kappa shape index (κ3) is 2.31. The number of hydrogen-bond acceptors (Lipinski definition) is 4. The van der Waals surface area contributed by atoms with Crippen molar-refractivity contribution in [1.29, 1.82) is 0 Å². The van der Waals surface area contributed by atoms with Crippen LogP contribution in [0.1, 0.15) is 29.8 Å². The number of rotatable bonds is 3. The lowest BCUT2D eigenvalue weighted by Crippen LogP contribution is -2.28. The molecule has 0 unspecified atom stereocenters. The highest BCUT2D eigenvalue weighted by molar-refractivity contribution is 7.95. The van der Waals surface area contributed by atoms with Crippen molar-refractivity contribution in [1.82, 2.24) is 4.57 Å². The minimum absolute atomic E-state index is 0.281. The molecule has 6 nitrogen and oxygen atoms in total. The molecule has 0 bridgehead atoms. The zero-order chi connectivity index (χ0) is 16.8. The molecule has 0 amide bonds. The van der Waals surface area contributed by atoms with Crippen molar-refractivity contribution in [2.75, 3.05) is 18.0 Å². The lowest BCUT2D eigenvalue weighted by atomic mass is 10.1. The Morgan fingerprint density at radius 2 is 1.96 bits per heavy atom. The smallest absolute Gasteiger partial charge is 0.337 e. The van der Waals surface area contributed by atoms with Crippen LogP contribution in [-0.4, -0.2) is 32.6 Å². The average molecular weight is 334 g/mol. The number of nitrogens with zero attached hydrogens (tertiary/aromatic N) is 2. The van der Waals surface area contributed by atoms with Gasteiger partial charge in [-0.1, -0.05) is 0 Å². The Hall–Kier alpha value is -2.28. The molecule has 0 N–H and O–H groups in total. The predicted molar refractivity (Wildman–Crippen MR) is 89.9 cm³/mol. The fourth-order valence-electron chi connectivity index (χ4n) is 2.98. The third-order valence-corrected chi connectivity index (χ3v) is 5.58. The summed E-state index contributed by atoms with van der Waals surface area (Å²) >= 11 is 0. The number of hydrogen-bond donors (Lipinski definition) is 0. The molecule has 1 aliphatic heterocycles. The van der Waals surface area contributed by atoms with Crippen LogP contribution in [0.15, 0.2) is 23.7 Å². The summed E-state index contributed by atoms with van der Waals surface area (Å²) in [5.74, 6) is -0.487. The highest BCUT2D eigenvalue weighted by Gasteiger charge is 2.27. The molecule has 0 radical (unpaired) electrons. The number of carbonyl (C=O) groups is 1. The number of aromatic nitrogens is 1. The molecular weight excluding hydrogens is 316 g/mol. The topological polar surface area (TPSA) is 68.6 Å². The molecule has 23 heavy (non-hydrogen) atoms. The van der Waals surface area contributed by atoms with Crippen molar-refractivity contribution in [3.8, 4) is 0 Å². The van der Waals surface area contributed by atoms with Crippen molar-refractivity contribution in [2.24, 2.45) is 0 Å². The average Bonchev–Trinajstić information content (AvgIpc) is 2.85. The van der Waals surface area contributed by atoms with Crippen molar-refractivity contribution in [3.63, 3.8) is 0 Å². The van der Waals surface area contributed by atoms with Crippen molar-refractivity contribution in [3.05, 3.63) is 34.9 Å². The van der Waals surface area contributed by atoms with Gasteiger partial charge in [0.1, 0.15) is 0 Å². The first-order valence-corrected chi connectivity index (χ1v) is 8.89. The van der Waals surface area contributed by atoms with Gasteiger partial charge in [0.25, 0.3) is 10.0 Å². The maximum Gasteiger partial charge on any atom is 0.337 e. The Balaban J connectivity index is 2.44. The largest absolute Gasteiger partial charge is 0.465 e. The highest BCUT2D eigenvalue weighted by atomic mass is 32.2. The van der Waals surface area contributed by atoms with E-state index in [0.717, 1.165) is 16.5 Å². The van der Waals surface area contributed by atoms with Crippen molar-refractivity contribution in [2.45, 2.75) is 20.4 Å². The van der Waals surface area contributed by atoms with Gasteiger partial charge in [-0.25, -0.2) is 13.2 Å². The second-order valence-electron chi connectivity index (χ2n) is 5.26. The van der Waals surface area contributed by atoms with Crippen molar-refractivity contribution >= 4 is 38.7 Å². The van der Waals surface area contributed by atoms with E-state index in [0.29, 0.717) is 17.8 Å². The summed E-state index contributed by atoms with van der Waals surface area (Å²) in [6.45, 7) is 4.76. The molecule has 0 spiro atoms. The summed E-state index contributed by atoms with van der Waals surface area (Å²) in [5.41, 5.74) is 2.50. The van der Waals surface area contributed by atoms with Crippen LogP contribution in [0.4, 0.5) is 5.69 Å². The van der Waals surface area contributed by atoms with E-state index in [1.807, 2.05) is 17.7 Å². The summed E-state index contributed by atoms with van der Waals surface area (Å²) in [4.78, 5) is 12.0. The van der Waals surface area contributed by atoms with Gasteiger partial charge in [-0.15, -0.1) is 0 Å². The quantitative estimate of drug-likeness (QED) is 0.809. The Kier molecular flexibility index (Phi) is 3.68. The second-order valence-corrected chi connectivity index (χ2v) is 7.01. The van der Waals surface area contributed by atoms with E-state index in [1.165, 1.54) is 16.8 Å². The number of anilines is 1. The lowest BCUT2D eigenvalue weighted by molar-refractivity contribution is 0.0601. The number of aryl methyl sites for hydroxylation is 1. The van der Waals surface area contributed by atoms with E-state index in [2.05, 4.69) is 0 Å². The van der Waals surface area contributed by atoms with Crippen LogP contribution in [0.2, 0.25) is 0 Å². The fraction of sp³-hybridized carbons (Fsp3) is 0.312. The molecule has 0 atom stereocenters. The molecule has 1 aromatic heterocycles. The van der Waals surface area contributed by atoms with E-state index in [-0.39, 0.29) is 6.54 Å². The van der Waals surface area contributed by atoms with Crippen molar-refractivity contribution < 1.29 is 17.9 Å². The minimum Gasteiger partial charge on any atom is -0.465 e. The van der Waals surface area contributed by atoms with Gasteiger partial charge >= 0.3 is 5.97 Å². The van der Waals surface area contributed by atoms with E-state index in [4.69, 9.17) is 4.74 Å². The Morgan fingerprint density at radius 1 is 1.22 bits per heavy atom. The minimum atomic E-state index is -3.57. The first-order valence-electron chi connectivity index (χ1n) is 7.39.